The van der Waals surface area contributed by atoms with Crippen molar-refractivity contribution < 1.29 is 0 Å². The van der Waals surface area contributed by atoms with Crippen molar-refractivity contribution in [3.8, 4) is 0 Å². The van der Waals surface area contributed by atoms with E-state index in [1.807, 2.05) is 22.9 Å². The van der Waals surface area contributed by atoms with E-state index in [0.29, 0.717) is 0 Å². The fourth-order valence-corrected chi connectivity index (χ4v) is 4.43. The number of fused-ring (bicyclic) bond motifs is 1. The van der Waals surface area contributed by atoms with Crippen LogP contribution in [0.3, 0.4) is 0 Å². The Morgan fingerprint density at radius 2 is 1.65 bits per heavy atom. The lowest BCUT2D eigenvalue weighted by Gasteiger charge is -2.28. The van der Waals surface area contributed by atoms with Crippen molar-refractivity contribution in [1.82, 2.24) is 19.9 Å². The molecule has 0 saturated heterocycles. The Bertz CT molecular complexity index is 761. The molecule has 1 heterocycles. The molecule has 2 aromatic carbocycles. The molecule has 0 unspecified atom stereocenters. The molecule has 23 heavy (non-hydrogen) atoms. The first kappa shape index (κ1) is 15.9. The molecule has 0 aliphatic rings. The van der Waals surface area contributed by atoms with Gasteiger partial charge in [-0.25, -0.2) is 4.68 Å². The molecule has 0 radical (unpaired) electrons. The summed E-state index contributed by atoms with van der Waals surface area (Å²) in [7, 11) is -1.21. The minimum absolute atomic E-state index is 0.777. The summed E-state index contributed by atoms with van der Waals surface area (Å²) in [5, 5.41) is 8.62. The van der Waals surface area contributed by atoms with E-state index in [-0.39, 0.29) is 0 Å². The summed E-state index contributed by atoms with van der Waals surface area (Å²) < 4.78 is 2.01. The van der Waals surface area contributed by atoms with Gasteiger partial charge in [-0.2, -0.15) is 0 Å². The molecule has 0 fully saturated rings. The van der Waals surface area contributed by atoms with Gasteiger partial charge in [0.1, 0.15) is 5.52 Å². The molecule has 5 heteroatoms. The number of hydrogen-bond donors (Lipinski definition) is 0. The summed E-state index contributed by atoms with van der Waals surface area (Å²) >= 11 is 0. The van der Waals surface area contributed by atoms with Crippen LogP contribution >= 0.6 is 0 Å². The van der Waals surface area contributed by atoms with Crippen molar-refractivity contribution >= 4 is 19.1 Å². The summed E-state index contributed by atoms with van der Waals surface area (Å²) in [6.07, 6.45) is 1.14. The molecule has 0 spiro atoms. The molecule has 3 aromatic rings. The number of aromatic nitrogens is 3. The lowest BCUT2D eigenvalue weighted by Crippen LogP contribution is -2.40. The highest BCUT2D eigenvalue weighted by Gasteiger charge is 2.20. The second kappa shape index (κ2) is 6.64. The van der Waals surface area contributed by atoms with E-state index < -0.39 is 8.07 Å². The average Bonchev–Trinajstić information content (AvgIpc) is 2.90. The maximum atomic E-state index is 4.35. The molecule has 0 aliphatic heterocycles. The van der Waals surface area contributed by atoms with Gasteiger partial charge < -0.3 is 0 Å². The Balaban J connectivity index is 1.83. The first-order valence-corrected chi connectivity index (χ1v) is 11.8. The minimum Gasteiger partial charge on any atom is -0.283 e. The van der Waals surface area contributed by atoms with E-state index in [4.69, 9.17) is 0 Å². The van der Waals surface area contributed by atoms with E-state index in [1.54, 1.807) is 0 Å². The Hall–Kier alpha value is -1.98. The SMILES string of the molecule is C[Si](C)(C)CN(Cc1ccccc1)Cn1nnc2ccccc21. The number of nitrogens with zero attached hydrogens (tertiary/aromatic N) is 4. The summed E-state index contributed by atoms with van der Waals surface area (Å²) in [4.78, 5) is 2.49. The molecule has 0 bridgehead atoms. The van der Waals surface area contributed by atoms with E-state index in [9.17, 15) is 0 Å². The van der Waals surface area contributed by atoms with E-state index in [2.05, 4.69) is 71.3 Å². The lowest BCUT2D eigenvalue weighted by atomic mass is 10.2. The fraction of sp³-hybridized carbons (Fsp3) is 0.333. The van der Waals surface area contributed by atoms with Gasteiger partial charge in [0.05, 0.1) is 20.3 Å². The molecule has 0 saturated carbocycles. The third-order valence-corrected chi connectivity index (χ3v) is 5.10. The largest absolute Gasteiger partial charge is 0.283 e. The van der Waals surface area contributed by atoms with Crippen LogP contribution in [-0.4, -0.2) is 34.1 Å². The van der Waals surface area contributed by atoms with Crippen molar-refractivity contribution in [2.24, 2.45) is 0 Å². The maximum Gasteiger partial charge on any atom is 0.113 e. The van der Waals surface area contributed by atoms with Gasteiger partial charge in [0.25, 0.3) is 0 Å². The predicted octanol–water partition coefficient (Wildman–Crippen LogP) is 3.77. The van der Waals surface area contributed by atoms with Crippen molar-refractivity contribution in [2.45, 2.75) is 32.9 Å². The maximum absolute atomic E-state index is 4.35. The summed E-state index contributed by atoms with van der Waals surface area (Å²) in [6, 6.07) is 18.8. The standard InChI is InChI=1S/C18H24N4Si/c1-23(2,3)15-21(13-16-9-5-4-6-10-16)14-22-18-12-8-7-11-17(18)19-20-22/h4-12H,13-15H2,1-3H3. The highest BCUT2D eigenvalue weighted by atomic mass is 28.3. The van der Waals surface area contributed by atoms with E-state index in [0.717, 1.165) is 30.4 Å². The lowest BCUT2D eigenvalue weighted by molar-refractivity contribution is 0.230. The van der Waals surface area contributed by atoms with Gasteiger partial charge in [0.2, 0.25) is 0 Å². The molecular weight excluding hydrogens is 300 g/mol. The number of rotatable bonds is 6. The smallest absolute Gasteiger partial charge is 0.113 e. The van der Waals surface area contributed by atoms with Crippen LogP contribution in [0.2, 0.25) is 19.6 Å². The molecule has 0 amide bonds. The summed E-state index contributed by atoms with van der Waals surface area (Å²) in [5.41, 5.74) is 3.40. The minimum atomic E-state index is -1.21. The number of hydrogen-bond acceptors (Lipinski definition) is 3. The van der Waals surface area contributed by atoms with Crippen LogP contribution < -0.4 is 0 Å². The van der Waals surface area contributed by atoms with Gasteiger partial charge in [-0.3, -0.25) is 4.90 Å². The second-order valence-corrected chi connectivity index (χ2v) is 12.7. The Morgan fingerprint density at radius 3 is 2.39 bits per heavy atom. The van der Waals surface area contributed by atoms with Crippen molar-refractivity contribution in [2.75, 3.05) is 6.17 Å². The van der Waals surface area contributed by atoms with Crippen LogP contribution in [0.5, 0.6) is 0 Å². The Morgan fingerprint density at radius 1 is 0.957 bits per heavy atom. The third-order valence-electron chi connectivity index (χ3n) is 3.70. The Labute approximate surface area is 138 Å². The molecule has 4 nitrogen and oxygen atoms in total. The quantitative estimate of drug-likeness (QED) is 0.647. The predicted molar refractivity (Wildman–Crippen MR) is 97.7 cm³/mol. The van der Waals surface area contributed by atoms with E-state index >= 15 is 0 Å². The number of para-hydroxylation sites is 1. The zero-order valence-electron chi connectivity index (χ0n) is 14.1. The monoisotopic (exact) mass is 324 g/mol. The summed E-state index contributed by atoms with van der Waals surface area (Å²) in [6.45, 7) is 8.94. The Kier molecular flexibility index (Phi) is 4.59. The molecule has 0 N–H and O–H groups in total. The van der Waals surface area contributed by atoms with Crippen LogP contribution in [0, 0.1) is 0 Å². The zero-order chi connectivity index (χ0) is 16.3. The molecule has 0 atom stereocenters. The number of benzene rings is 2. The van der Waals surface area contributed by atoms with Crippen LogP contribution in [-0.2, 0) is 13.2 Å². The first-order valence-electron chi connectivity index (χ1n) is 8.06. The van der Waals surface area contributed by atoms with Gasteiger partial charge >= 0.3 is 0 Å². The van der Waals surface area contributed by atoms with Crippen molar-refractivity contribution in [3.05, 3.63) is 60.2 Å². The zero-order valence-corrected chi connectivity index (χ0v) is 15.1. The molecule has 1 aromatic heterocycles. The molecule has 3 rings (SSSR count). The third kappa shape index (κ3) is 4.27. The molecule has 120 valence electrons. The second-order valence-electron chi connectivity index (χ2n) is 7.25. The van der Waals surface area contributed by atoms with Gasteiger partial charge in [-0.15, -0.1) is 5.10 Å². The van der Waals surface area contributed by atoms with Gasteiger partial charge in [0, 0.05) is 6.54 Å². The van der Waals surface area contributed by atoms with Gasteiger partial charge in [-0.1, -0.05) is 67.3 Å². The summed E-state index contributed by atoms with van der Waals surface area (Å²) in [5.74, 6) is 0. The fourth-order valence-electron chi connectivity index (χ4n) is 2.88. The molecular formula is C18H24N4Si. The van der Waals surface area contributed by atoms with Gasteiger partial charge in [0.15, 0.2) is 0 Å². The normalized spacial score (nSPS) is 12.2. The average molecular weight is 325 g/mol. The van der Waals surface area contributed by atoms with Crippen LogP contribution in [0.1, 0.15) is 5.56 Å². The highest BCUT2D eigenvalue weighted by molar-refractivity contribution is 6.76. The van der Waals surface area contributed by atoms with Crippen molar-refractivity contribution in [3.63, 3.8) is 0 Å². The van der Waals surface area contributed by atoms with Crippen LogP contribution in [0.4, 0.5) is 0 Å². The first-order chi connectivity index (χ1) is 11.0. The van der Waals surface area contributed by atoms with E-state index in [1.165, 1.54) is 5.56 Å². The van der Waals surface area contributed by atoms with Crippen LogP contribution in [0.15, 0.2) is 54.6 Å². The molecule has 0 aliphatic carbocycles. The highest BCUT2D eigenvalue weighted by Crippen LogP contribution is 2.14. The van der Waals surface area contributed by atoms with Crippen LogP contribution in [0.25, 0.3) is 11.0 Å². The van der Waals surface area contributed by atoms with Gasteiger partial charge in [-0.05, 0) is 23.9 Å². The van der Waals surface area contributed by atoms with Crippen molar-refractivity contribution in [1.29, 1.82) is 0 Å². The topological polar surface area (TPSA) is 34.0 Å².